The molecule has 2 aliphatic heterocycles. The summed E-state index contributed by atoms with van der Waals surface area (Å²) in [7, 11) is 0. The number of ether oxygens (including phenoxy) is 1. The largest absolute Gasteiger partial charge is 0.453 e. The molecule has 20 aromatic rings. The second-order valence-electron chi connectivity index (χ2n) is 28.3. The van der Waals surface area contributed by atoms with Crippen molar-refractivity contribution in [2.45, 2.75) is 19.3 Å². The molecule has 7 nitrogen and oxygen atoms in total. The van der Waals surface area contributed by atoms with Crippen molar-refractivity contribution in [3.05, 3.63) is 387 Å². The molecular weight excluding hydrogens is 1290 g/mol. The molecule has 22 rings (SSSR count). The average Bonchev–Trinajstić information content (AvgIpc) is 1.53. The third-order valence-corrected chi connectivity index (χ3v) is 22.1. The summed E-state index contributed by atoms with van der Waals surface area (Å²) in [6.07, 6.45) is 0. The number of hydrogen-bond donors (Lipinski definition) is 0. The Morgan fingerprint density at radius 2 is 0.557 bits per heavy atom. The van der Waals surface area contributed by atoms with Gasteiger partial charge in [0.1, 0.15) is 0 Å². The standard InChI is InChI=1S/C51H37N3.C48H31N3O/c1-51(2)42-23-11-15-27-46(42)52(47-28-16-12-24-43(47)51)37-31-29-34(30-32-37)40-33-41-38-21-9-13-25-44(38)53(35-17-5-3-6-18-35)49(41)50-48(40)39-22-10-14-26-45(39)54(50)36-19-7-4-8-20-36;1-3-17-33(18-4-1)50-40-24-9-7-22-36(40)39-31-38(46-37-23-8-10-25-41(37)51(48(46)47(39)50)34-19-5-2-6-20-34)32-16-15-21-35(30-32)49-42-26-11-13-28-44(42)52-45-29-14-12-27-43(45)49/h3-33H,1-2H3;1-31H. The maximum Gasteiger partial charge on any atom is 0.151 e. The molecule has 500 valence electrons. The lowest BCUT2D eigenvalue weighted by Gasteiger charge is -2.42. The van der Waals surface area contributed by atoms with Crippen LogP contribution in [-0.2, 0) is 5.41 Å². The highest BCUT2D eigenvalue weighted by atomic mass is 16.5. The van der Waals surface area contributed by atoms with Crippen LogP contribution in [0.3, 0.4) is 0 Å². The number of aromatic nitrogens is 4. The topological polar surface area (TPSA) is 35.4 Å². The van der Waals surface area contributed by atoms with Gasteiger partial charge in [0, 0.05) is 82.6 Å². The van der Waals surface area contributed by atoms with Crippen LogP contribution in [0.2, 0.25) is 0 Å². The van der Waals surface area contributed by atoms with Gasteiger partial charge in [-0.3, -0.25) is 0 Å². The van der Waals surface area contributed by atoms with Crippen LogP contribution in [0.1, 0.15) is 25.0 Å². The number of nitrogens with zero attached hydrogens (tertiary/aromatic N) is 6. The smallest absolute Gasteiger partial charge is 0.151 e. The number of hydrogen-bond acceptors (Lipinski definition) is 3. The number of rotatable bonds is 8. The third kappa shape index (κ3) is 9.25. The highest BCUT2D eigenvalue weighted by Gasteiger charge is 2.37. The summed E-state index contributed by atoms with van der Waals surface area (Å²) < 4.78 is 16.2. The Balaban J connectivity index is 0.000000136. The van der Waals surface area contributed by atoms with Gasteiger partial charge >= 0.3 is 0 Å². The van der Waals surface area contributed by atoms with Crippen molar-refractivity contribution >= 4 is 121 Å². The average molecular weight is 1360 g/mol. The Hall–Kier alpha value is -13.9. The minimum absolute atomic E-state index is 0.101. The zero-order chi connectivity index (χ0) is 70.1. The Labute approximate surface area is 613 Å². The van der Waals surface area contributed by atoms with Crippen LogP contribution < -0.4 is 14.5 Å². The van der Waals surface area contributed by atoms with Gasteiger partial charge in [0.15, 0.2) is 11.5 Å². The van der Waals surface area contributed by atoms with Gasteiger partial charge in [-0.2, -0.15) is 0 Å². The van der Waals surface area contributed by atoms with E-state index in [1.165, 1.54) is 126 Å². The summed E-state index contributed by atoms with van der Waals surface area (Å²) in [4.78, 5) is 4.76. The minimum Gasteiger partial charge on any atom is -0.453 e. The zero-order valence-corrected chi connectivity index (χ0v) is 58.4. The minimum atomic E-state index is -0.101. The summed E-state index contributed by atoms with van der Waals surface area (Å²) in [5, 5.41) is 9.86. The molecule has 7 heteroatoms. The molecule has 0 unspecified atom stereocenters. The first kappa shape index (κ1) is 60.8. The number of anilines is 6. The van der Waals surface area contributed by atoms with Crippen LogP contribution in [-0.4, -0.2) is 18.3 Å². The second-order valence-corrected chi connectivity index (χ2v) is 28.3. The summed E-state index contributed by atoms with van der Waals surface area (Å²) in [5.41, 5.74) is 28.2. The van der Waals surface area contributed by atoms with Crippen LogP contribution in [0.4, 0.5) is 34.1 Å². The Bertz CT molecular complexity index is 6790. The fourth-order valence-corrected chi connectivity index (χ4v) is 17.6. The molecule has 6 heterocycles. The van der Waals surface area contributed by atoms with E-state index in [9.17, 15) is 0 Å². The molecule has 0 saturated carbocycles. The van der Waals surface area contributed by atoms with Gasteiger partial charge in [0.05, 0.1) is 66.9 Å². The Morgan fingerprint density at radius 3 is 1.00 bits per heavy atom. The molecule has 106 heavy (non-hydrogen) atoms. The lowest BCUT2D eigenvalue weighted by atomic mass is 9.73. The highest BCUT2D eigenvalue weighted by Crippen LogP contribution is 2.55. The molecule has 0 radical (unpaired) electrons. The van der Waals surface area contributed by atoms with E-state index in [2.05, 4.69) is 394 Å². The molecule has 4 aromatic heterocycles. The van der Waals surface area contributed by atoms with Gasteiger partial charge in [0.2, 0.25) is 0 Å². The second kappa shape index (κ2) is 24.1. The molecule has 0 amide bonds. The van der Waals surface area contributed by atoms with Crippen LogP contribution in [0.15, 0.2) is 376 Å². The summed E-state index contributed by atoms with van der Waals surface area (Å²) >= 11 is 0. The summed E-state index contributed by atoms with van der Waals surface area (Å²) in [6.45, 7) is 4.68. The van der Waals surface area contributed by atoms with Crippen molar-refractivity contribution in [1.29, 1.82) is 0 Å². The molecule has 0 bridgehead atoms. The van der Waals surface area contributed by atoms with Gasteiger partial charge in [-0.25, -0.2) is 0 Å². The normalized spacial score (nSPS) is 12.9. The quantitative estimate of drug-likeness (QED) is 0.152. The summed E-state index contributed by atoms with van der Waals surface area (Å²) in [6, 6.07) is 136. The van der Waals surface area contributed by atoms with E-state index in [-0.39, 0.29) is 5.41 Å². The van der Waals surface area contributed by atoms with Crippen LogP contribution in [0.5, 0.6) is 11.5 Å². The molecule has 0 N–H and O–H groups in total. The molecule has 0 saturated heterocycles. The number of fused-ring (bicyclic) bond motifs is 18. The Kier molecular flexibility index (Phi) is 13.9. The van der Waals surface area contributed by atoms with Crippen molar-refractivity contribution in [1.82, 2.24) is 18.3 Å². The van der Waals surface area contributed by atoms with Gasteiger partial charge in [-0.1, -0.05) is 244 Å². The van der Waals surface area contributed by atoms with E-state index in [4.69, 9.17) is 4.74 Å². The fourth-order valence-electron chi connectivity index (χ4n) is 17.6. The molecule has 0 spiro atoms. The molecular formula is C99H68N6O. The molecule has 16 aromatic carbocycles. The van der Waals surface area contributed by atoms with Gasteiger partial charge < -0.3 is 32.8 Å². The first-order chi connectivity index (χ1) is 52.4. The fraction of sp³-hybridized carbons (Fsp3) is 0.0303. The number of para-hydroxylation sites is 14. The van der Waals surface area contributed by atoms with E-state index in [0.29, 0.717) is 0 Å². The van der Waals surface area contributed by atoms with Crippen LogP contribution in [0.25, 0.3) is 132 Å². The van der Waals surface area contributed by atoms with E-state index in [0.717, 1.165) is 62.6 Å². The summed E-state index contributed by atoms with van der Waals surface area (Å²) in [5.74, 6) is 1.69. The van der Waals surface area contributed by atoms with Crippen molar-refractivity contribution in [2.24, 2.45) is 0 Å². The van der Waals surface area contributed by atoms with E-state index < -0.39 is 0 Å². The lowest BCUT2D eigenvalue weighted by Crippen LogP contribution is -2.30. The van der Waals surface area contributed by atoms with E-state index in [1.807, 2.05) is 24.3 Å². The molecule has 0 atom stereocenters. The van der Waals surface area contributed by atoms with E-state index >= 15 is 0 Å². The van der Waals surface area contributed by atoms with Crippen LogP contribution >= 0.6 is 0 Å². The first-order valence-corrected chi connectivity index (χ1v) is 36.5. The van der Waals surface area contributed by atoms with Crippen molar-refractivity contribution < 1.29 is 4.74 Å². The lowest BCUT2D eigenvalue weighted by molar-refractivity contribution is 0.477. The van der Waals surface area contributed by atoms with Crippen molar-refractivity contribution in [3.8, 4) is 56.5 Å². The highest BCUT2D eigenvalue weighted by molar-refractivity contribution is 6.30. The first-order valence-electron chi connectivity index (χ1n) is 36.5. The van der Waals surface area contributed by atoms with Gasteiger partial charge in [0.25, 0.3) is 0 Å². The zero-order valence-electron chi connectivity index (χ0n) is 58.4. The third-order valence-electron chi connectivity index (χ3n) is 22.1. The van der Waals surface area contributed by atoms with Crippen LogP contribution in [0, 0.1) is 0 Å². The Morgan fingerprint density at radius 1 is 0.226 bits per heavy atom. The molecule has 0 fully saturated rings. The monoisotopic (exact) mass is 1360 g/mol. The van der Waals surface area contributed by atoms with Crippen molar-refractivity contribution in [2.75, 3.05) is 9.80 Å². The maximum absolute atomic E-state index is 6.38. The van der Waals surface area contributed by atoms with Gasteiger partial charge in [-0.05, 0) is 179 Å². The SMILES string of the molecule is CC1(C)c2ccccc2N(c2ccc(-c3cc4c5ccccc5n(-c5ccccc5)c4c4c3c3ccccc3n4-c3ccccc3)cc2)c2ccccc21.c1ccc(-n2c3ccccc3c3cc(-c4cccc(N5c6ccccc6Oc6ccccc65)c4)c4c5ccccc5n(-c5ccccc5)c4c32)cc1. The molecule has 0 aliphatic carbocycles. The number of benzene rings is 16. The van der Waals surface area contributed by atoms with Crippen molar-refractivity contribution in [3.63, 3.8) is 0 Å². The molecule has 2 aliphatic rings. The predicted octanol–water partition coefficient (Wildman–Crippen LogP) is 26.8. The predicted molar refractivity (Wildman–Crippen MR) is 443 cm³/mol. The van der Waals surface area contributed by atoms with E-state index in [1.54, 1.807) is 0 Å². The van der Waals surface area contributed by atoms with Gasteiger partial charge in [-0.15, -0.1) is 0 Å². The maximum atomic E-state index is 6.38.